The van der Waals surface area contributed by atoms with Crippen LogP contribution in [-0.4, -0.2) is 35.7 Å². The van der Waals surface area contributed by atoms with E-state index in [-0.39, 0.29) is 64.9 Å². The standard InChI is InChI=1S/C3H8O7S2.2Na/c4-3(1-11-10-9-5)2-12(6,7)8;;/h3-5H,1-2H2,(H,6,7,8);;/q;2*+1/p-2. The van der Waals surface area contributed by atoms with E-state index in [4.69, 9.17) is 5.11 Å². The van der Waals surface area contributed by atoms with Gasteiger partial charge in [0.25, 0.3) is 0 Å². The fraction of sp³-hybridized carbons (Fsp3) is 1.00. The maximum Gasteiger partial charge on any atom is 1.00 e. The molecule has 0 aliphatic rings. The summed E-state index contributed by atoms with van der Waals surface area (Å²) in [5.74, 6) is -1.15. The maximum atomic E-state index is 10.0. The van der Waals surface area contributed by atoms with E-state index in [1.165, 1.54) is 0 Å². The molecular formula is C3H6Na2O7S2. The Labute approximate surface area is 130 Å². The second-order valence-electron chi connectivity index (χ2n) is 1.80. The van der Waals surface area contributed by atoms with Crippen molar-refractivity contribution in [2.45, 2.75) is 6.10 Å². The second kappa shape index (κ2) is 11.6. The van der Waals surface area contributed by atoms with Gasteiger partial charge in [0, 0.05) is 17.8 Å². The van der Waals surface area contributed by atoms with Gasteiger partial charge in [-0.05, 0) is 0 Å². The van der Waals surface area contributed by atoms with Gasteiger partial charge in [-0.25, -0.2) is 8.42 Å². The molecule has 1 atom stereocenters. The molecule has 0 bridgehead atoms. The second-order valence-corrected chi connectivity index (χ2v) is 3.95. The molecule has 1 unspecified atom stereocenters. The van der Waals surface area contributed by atoms with Crippen molar-refractivity contribution in [2.24, 2.45) is 0 Å². The molecule has 0 spiro atoms. The molecule has 0 aliphatic heterocycles. The Hall–Kier alpha value is 2.10. The molecule has 11 heteroatoms. The zero-order valence-corrected chi connectivity index (χ0v) is 13.3. The first-order valence-electron chi connectivity index (χ1n) is 2.65. The molecule has 74 valence electrons. The zero-order chi connectivity index (χ0) is 9.61. The van der Waals surface area contributed by atoms with Gasteiger partial charge in [0.15, 0.2) is 0 Å². The largest absolute Gasteiger partial charge is 1.00 e. The van der Waals surface area contributed by atoms with Gasteiger partial charge in [-0.3, -0.25) is 5.04 Å². The molecule has 0 amide bonds. The summed E-state index contributed by atoms with van der Waals surface area (Å²) in [4.78, 5) is 0. The summed E-state index contributed by atoms with van der Waals surface area (Å²) in [6.07, 6.45) is -1.37. The van der Waals surface area contributed by atoms with E-state index in [1.807, 2.05) is 0 Å². The van der Waals surface area contributed by atoms with Crippen LogP contribution in [0.2, 0.25) is 0 Å². The van der Waals surface area contributed by atoms with Crippen molar-refractivity contribution in [3.8, 4) is 0 Å². The van der Waals surface area contributed by atoms with Gasteiger partial charge in [0.2, 0.25) is 0 Å². The quantitative estimate of drug-likeness (QED) is 0.125. The van der Waals surface area contributed by atoms with Crippen LogP contribution in [0.25, 0.3) is 0 Å². The van der Waals surface area contributed by atoms with Gasteiger partial charge in [0.05, 0.1) is 22.0 Å². The Morgan fingerprint density at radius 1 is 1.43 bits per heavy atom. The molecule has 0 saturated carbocycles. The van der Waals surface area contributed by atoms with Crippen LogP contribution in [0, 0.1) is 0 Å². The van der Waals surface area contributed by atoms with Crippen molar-refractivity contribution in [3.05, 3.63) is 0 Å². The molecule has 0 fully saturated rings. The van der Waals surface area contributed by atoms with E-state index >= 15 is 0 Å². The van der Waals surface area contributed by atoms with Crippen LogP contribution in [-0.2, 0) is 19.5 Å². The Morgan fingerprint density at radius 2 is 1.93 bits per heavy atom. The summed E-state index contributed by atoms with van der Waals surface area (Å²) in [7, 11) is -4.45. The molecule has 0 aromatic heterocycles. The molecule has 0 saturated heterocycles. The Bertz CT molecular complexity index is 207. The average molecular weight is 264 g/mol. The topological polar surface area (TPSA) is 119 Å². The van der Waals surface area contributed by atoms with Crippen LogP contribution >= 0.6 is 12.0 Å². The van der Waals surface area contributed by atoms with Crippen LogP contribution < -0.4 is 64.4 Å². The number of rotatable bonds is 6. The summed E-state index contributed by atoms with van der Waals surface area (Å²) < 4.78 is 33.8. The minimum Gasteiger partial charge on any atom is -0.748 e. The first-order chi connectivity index (χ1) is 5.45. The fourth-order valence-corrected chi connectivity index (χ4v) is 1.52. The Balaban J connectivity index is -0.000000605. The van der Waals surface area contributed by atoms with Gasteiger partial charge < -0.3 is 14.9 Å². The predicted octanol–water partition coefficient (Wildman–Crippen LogP) is -8.23. The molecule has 0 rings (SSSR count). The number of aliphatic hydroxyl groups excluding tert-OH is 1. The summed E-state index contributed by atoms with van der Waals surface area (Å²) in [6, 6.07) is 0. The Morgan fingerprint density at radius 3 is 2.29 bits per heavy atom. The maximum absolute atomic E-state index is 10.0. The summed E-state index contributed by atoms with van der Waals surface area (Å²) in [6.45, 7) is 0. The minimum absolute atomic E-state index is 0. The third-order valence-corrected chi connectivity index (χ3v) is 2.20. The third-order valence-electron chi connectivity index (χ3n) is 0.733. The first-order valence-corrected chi connectivity index (χ1v) is 5.14. The van der Waals surface area contributed by atoms with E-state index < -0.39 is 22.0 Å². The van der Waals surface area contributed by atoms with Crippen molar-refractivity contribution in [1.29, 1.82) is 0 Å². The van der Waals surface area contributed by atoms with Crippen LogP contribution in [0.3, 0.4) is 0 Å². The molecule has 0 aromatic carbocycles. The minimum atomic E-state index is -4.45. The van der Waals surface area contributed by atoms with Gasteiger partial charge >= 0.3 is 59.1 Å². The van der Waals surface area contributed by atoms with Gasteiger partial charge in [0.1, 0.15) is 0 Å². The van der Waals surface area contributed by atoms with Crippen LogP contribution in [0.15, 0.2) is 0 Å². The molecular weight excluding hydrogens is 258 g/mol. The SMILES string of the molecule is O=S(=O)([O-])CC(O)CSOO[O-].[Na+].[Na+]. The van der Waals surface area contributed by atoms with Gasteiger partial charge in [-0.2, -0.15) is 4.33 Å². The number of hydrogen-bond acceptors (Lipinski definition) is 8. The molecule has 0 aromatic rings. The Kier molecular flexibility index (Phi) is 17.7. The number of hydrogen-bond donors (Lipinski definition) is 1. The summed E-state index contributed by atoms with van der Waals surface area (Å²) >= 11 is 0.414. The van der Waals surface area contributed by atoms with Crippen LogP contribution in [0.4, 0.5) is 0 Å². The zero-order valence-electron chi connectivity index (χ0n) is 7.70. The van der Waals surface area contributed by atoms with E-state index in [2.05, 4.69) is 9.37 Å². The monoisotopic (exact) mass is 264 g/mol. The molecule has 0 heterocycles. The van der Waals surface area contributed by atoms with E-state index in [0.717, 1.165) is 0 Å². The van der Waals surface area contributed by atoms with Crippen LogP contribution in [0.1, 0.15) is 0 Å². The van der Waals surface area contributed by atoms with Crippen molar-refractivity contribution >= 4 is 22.2 Å². The van der Waals surface area contributed by atoms with Crippen molar-refractivity contribution < 1.29 is 91.8 Å². The molecule has 0 aliphatic carbocycles. The summed E-state index contributed by atoms with van der Waals surface area (Å²) in [5, 5.41) is 20.9. The number of aliphatic hydroxyl groups is 1. The first kappa shape index (κ1) is 21.4. The van der Waals surface area contributed by atoms with Crippen molar-refractivity contribution in [1.82, 2.24) is 0 Å². The predicted molar refractivity (Wildman–Crippen MR) is 35.2 cm³/mol. The van der Waals surface area contributed by atoms with Gasteiger partial charge in [-0.15, -0.1) is 0 Å². The normalized spacial score (nSPS) is 12.5. The molecule has 7 nitrogen and oxygen atoms in total. The average Bonchev–Trinajstić information content (AvgIpc) is 1.84. The molecule has 14 heavy (non-hydrogen) atoms. The molecule has 0 radical (unpaired) electrons. The van der Waals surface area contributed by atoms with E-state index in [9.17, 15) is 18.2 Å². The van der Waals surface area contributed by atoms with E-state index in [1.54, 1.807) is 0 Å². The third kappa shape index (κ3) is 16.5. The smallest absolute Gasteiger partial charge is 0.748 e. The summed E-state index contributed by atoms with van der Waals surface area (Å²) in [5.41, 5.74) is 0. The van der Waals surface area contributed by atoms with Crippen LogP contribution in [0.5, 0.6) is 0 Å². The van der Waals surface area contributed by atoms with Crippen molar-refractivity contribution in [2.75, 3.05) is 11.5 Å². The van der Waals surface area contributed by atoms with Crippen molar-refractivity contribution in [3.63, 3.8) is 0 Å². The van der Waals surface area contributed by atoms with E-state index in [0.29, 0.717) is 12.0 Å². The van der Waals surface area contributed by atoms with Gasteiger partial charge in [-0.1, -0.05) is 0 Å². The molecule has 1 N–H and O–H groups in total. The fourth-order valence-electron chi connectivity index (χ4n) is 0.410.